The molecule has 4 heteroatoms. The van der Waals surface area contributed by atoms with Crippen molar-refractivity contribution < 1.29 is 4.79 Å². The summed E-state index contributed by atoms with van der Waals surface area (Å²) in [6.07, 6.45) is 2.50. The Labute approximate surface area is 110 Å². The molecule has 1 atom stereocenters. The molecule has 0 spiro atoms. The SMILES string of the molecule is CC(NC(=O)NCC1CC1)c1ccccc1Br. The van der Waals surface area contributed by atoms with E-state index < -0.39 is 0 Å². The molecule has 92 valence electrons. The van der Waals surface area contributed by atoms with Crippen molar-refractivity contribution in [1.29, 1.82) is 0 Å². The first-order valence-corrected chi connectivity index (χ1v) is 6.75. The van der Waals surface area contributed by atoms with Crippen LogP contribution in [0.2, 0.25) is 0 Å². The number of halogens is 1. The summed E-state index contributed by atoms with van der Waals surface area (Å²) in [4.78, 5) is 11.6. The van der Waals surface area contributed by atoms with E-state index in [4.69, 9.17) is 0 Å². The van der Waals surface area contributed by atoms with Crippen LogP contribution in [-0.4, -0.2) is 12.6 Å². The summed E-state index contributed by atoms with van der Waals surface area (Å²) in [6, 6.07) is 7.85. The molecule has 1 fully saturated rings. The Kier molecular flexibility index (Phi) is 4.05. The Hall–Kier alpha value is -1.03. The van der Waals surface area contributed by atoms with Crippen LogP contribution < -0.4 is 10.6 Å². The Morgan fingerprint density at radius 2 is 2.18 bits per heavy atom. The van der Waals surface area contributed by atoms with E-state index in [1.807, 2.05) is 31.2 Å². The quantitative estimate of drug-likeness (QED) is 0.880. The van der Waals surface area contributed by atoms with Gasteiger partial charge in [0.1, 0.15) is 0 Å². The van der Waals surface area contributed by atoms with Crippen molar-refractivity contribution in [3.63, 3.8) is 0 Å². The Bertz CT molecular complexity index is 404. The van der Waals surface area contributed by atoms with E-state index in [9.17, 15) is 4.79 Å². The van der Waals surface area contributed by atoms with Gasteiger partial charge in [0, 0.05) is 11.0 Å². The third kappa shape index (κ3) is 3.73. The van der Waals surface area contributed by atoms with E-state index in [-0.39, 0.29) is 12.1 Å². The predicted octanol–water partition coefficient (Wildman–Crippen LogP) is 3.22. The minimum absolute atomic E-state index is 0.00442. The molecule has 1 aliphatic rings. The summed E-state index contributed by atoms with van der Waals surface area (Å²) in [5.74, 6) is 0.708. The van der Waals surface area contributed by atoms with Crippen LogP contribution in [0.3, 0.4) is 0 Å². The summed E-state index contributed by atoms with van der Waals surface area (Å²) >= 11 is 3.49. The van der Waals surface area contributed by atoms with Gasteiger partial charge >= 0.3 is 6.03 Å². The van der Waals surface area contributed by atoms with Gasteiger partial charge in [-0.25, -0.2) is 4.79 Å². The number of hydrogen-bond donors (Lipinski definition) is 2. The van der Waals surface area contributed by atoms with Crippen LogP contribution in [0.1, 0.15) is 31.4 Å². The average molecular weight is 297 g/mol. The molecule has 1 unspecified atom stereocenters. The standard InChI is InChI=1S/C13H17BrN2O/c1-9(11-4-2-3-5-12(11)14)16-13(17)15-8-10-6-7-10/h2-5,9-10H,6-8H2,1H3,(H2,15,16,17). The summed E-state index contributed by atoms with van der Waals surface area (Å²) in [5.41, 5.74) is 1.09. The second-order valence-corrected chi connectivity index (χ2v) is 5.40. The van der Waals surface area contributed by atoms with E-state index in [1.165, 1.54) is 12.8 Å². The molecule has 0 heterocycles. The monoisotopic (exact) mass is 296 g/mol. The van der Waals surface area contributed by atoms with Crippen molar-refractivity contribution in [3.05, 3.63) is 34.3 Å². The van der Waals surface area contributed by atoms with Gasteiger partial charge in [0.05, 0.1) is 6.04 Å². The smallest absolute Gasteiger partial charge is 0.315 e. The molecule has 1 saturated carbocycles. The lowest BCUT2D eigenvalue weighted by Gasteiger charge is -2.16. The maximum Gasteiger partial charge on any atom is 0.315 e. The summed E-state index contributed by atoms with van der Waals surface area (Å²) in [5, 5.41) is 5.84. The lowest BCUT2D eigenvalue weighted by molar-refractivity contribution is 0.237. The highest BCUT2D eigenvalue weighted by molar-refractivity contribution is 9.10. The van der Waals surface area contributed by atoms with Gasteiger partial charge in [-0.2, -0.15) is 0 Å². The molecule has 0 saturated heterocycles. The normalized spacial score (nSPS) is 16.4. The van der Waals surface area contributed by atoms with Crippen LogP contribution in [0.5, 0.6) is 0 Å². The first kappa shape index (κ1) is 12.4. The van der Waals surface area contributed by atoms with Crippen molar-refractivity contribution in [2.24, 2.45) is 5.92 Å². The maximum absolute atomic E-state index is 11.6. The maximum atomic E-state index is 11.6. The molecule has 17 heavy (non-hydrogen) atoms. The van der Waals surface area contributed by atoms with Crippen LogP contribution in [0.4, 0.5) is 4.79 Å². The van der Waals surface area contributed by atoms with E-state index in [0.717, 1.165) is 16.6 Å². The van der Waals surface area contributed by atoms with Crippen LogP contribution in [0.25, 0.3) is 0 Å². The van der Waals surface area contributed by atoms with Crippen molar-refractivity contribution in [1.82, 2.24) is 10.6 Å². The fourth-order valence-electron chi connectivity index (χ4n) is 1.71. The second-order valence-electron chi connectivity index (χ2n) is 4.54. The molecule has 0 bridgehead atoms. The highest BCUT2D eigenvalue weighted by Crippen LogP contribution is 2.27. The molecule has 0 radical (unpaired) electrons. The fourth-order valence-corrected chi connectivity index (χ4v) is 2.34. The fraction of sp³-hybridized carbons (Fsp3) is 0.462. The number of rotatable bonds is 4. The second kappa shape index (κ2) is 5.54. The highest BCUT2D eigenvalue weighted by atomic mass is 79.9. The Morgan fingerprint density at radius 1 is 1.47 bits per heavy atom. The molecule has 0 aliphatic heterocycles. The van der Waals surface area contributed by atoms with Crippen molar-refractivity contribution in [2.45, 2.75) is 25.8 Å². The van der Waals surface area contributed by atoms with Crippen LogP contribution >= 0.6 is 15.9 Å². The molecule has 1 aliphatic carbocycles. The first-order valence-electron chi connectivity index (χ1n) is 5.95. The topological polar surface area (TPSA) is 41.1 Å². The van der Waals surface area contributed by atoms with Gasteiger partial charge in [0.25, 0.3) is 0 Å². The van der Waals surface area contributed by atoms with Crippen molar-refractivity contribution in [2.75, 3.05) is 6.54 Å². The minimum Gasteiger partial charge on any atom is -0.338 e. The van der Waals surface area contributed by atoms with E-state index >= 15 is 0 Å². The molecule has 0 aromatic heterocycles. The first-order chi connectivity index (χ1) is 8.16. The summed E-state index contributed by atoms with van der Waals surface area (Å²) < 4.78 is 1.02. The van der Waals surface area contributed by atoms with E-state index in [0.29, 0.717) is 5.92 Å². The van der Waals surface area contributed by atoms with Gasteiger partial charge in [-0.1, -0.05) is 34.1 Å². The third-order valence-corrected chi connectivity index (χ3v) is 3.69. The summed E-state index contributed by atoms with van der Waals surface area (Å²) in [6.45, 7) is 2.78. The van der Waals surface area contributed by atoms with Crippen LogP contribution in [0.15, 0.2) is 28.7 Å². The van der Waals surface area contributed by atoms with Crippen molar-refractivity contribution in [3.8, 4) is 0 Å². The van der Waals surface area contributed by atoms with Gasteiger partial charge in [0.2, 0.25) is 0 Å². The highest BCUT2D eigenvalue weighted by Gasteiger charge is 2.22. The van der Waals surface area contributed by atoms with Crippen molar-refractivity contribution >= 4 is 22.0 Å². The number of benzene rings is 1. The van der Waals surface area contributed by atoms with Gasteiger partial charge in [-0.15, -0.1) is 0 Å². The predicted molar refractivity (Wildman–Crippen MR) is 71.8 cm³/mol. The molecular formula is C13H17BrN2O. The summed E-state index contributed by atoms with van der Waals surface area (Å²) in [7, 11) is 0. The average Bonchev–Trinajstić information content (AvgIpc) is 3.10. The molecule has 1 aromatic carbocycles. The lowest BCUT2D eigenvalue weighted by Crippen LogP contribution is -2.38. The van der Waals surface area contributed by atoms with Gasteiger partial charge in [0.15, 0.2) is 0 Å². The third-order valence-electron chi connectivity index (χ3n) is 2.97. The molecular weight excluding hydrogens is 280 g/mol. The number of urea groups is 1. The van der Waals surface area contributed by atoms with Crippen LogP contribution in [-0.2, 0) is 0 Å². The largest absolute Gasteiger partial charge is 0.338 e. The van der Waals surface area contributed by atoms with Gasteiger partial charge in [-0.3, -0.25) is 0 Å². The van der Waals surface area contributed by atoms with Gasteiger partial charge in [-0.05, 0) is 37.3 Å². The van der Waals surface area contributed by atoms with E-state index in [1.54, 1.807) is 0 Å². The number of carbonyl (C=O) groups is 1. The molecule has 2 rings (SSSR count). The molecule has 3 nitrogen and oxygen atoms in total. The lowest BCUT2D eigenvalue weighted by atomic mass is 10.1. The molecule has 2 amide bonds. The number of hydrogen-bond acceptors (Lipinski definition) is 1. The van der Waals surface area contributed by atoms with E-state index in [2.05, 4.69) is 26.6 Å². The molecule has 2 N–H and O–H groups in total. The zero-order valence-electron chi connectivity index (χ0n) is 9.87. The zero-order valence-corrected chi connectivity index (χ0v) is 11.5. The Morgan fingerprint density at radius 3 is 2.82 bits per heavy atom. The number of carbonyl (C=O) groups excluding carboxylic acids is 1. The van der Waals surface area contributed by atoms with Gasteiger partial charge < -0.3 is 10.6 Å². The number of nitrogens with one attached hydrogen (secondary N) is 2. The minimum atomic E-state index is -0.0832. The number of amides is 2. The molecule has 1 aromatic rings. The zero-order chi connectivity index (χ0) is 12.3. The van der Waals surface area contributed by atoms with Crippen LogP contribution in [0, 0.1) is 5.92 Å². The Balaban J connectivity index is 1.85.